The maximum Gasteiger partial charge on any atom is 0.303 e. The quantitative estimate of drug-likeness (QED) is 0.256. The van der Waals surface area contributed by atoms with Gasteiger partial charge in [0.1, 0.15) is 23.0 Å². The van der Waals surface area contributed by atoms with Crippen LogP contribution in [0.4, 0.5) is 0 Å². The molecule has 4 rings (SSSR count). The molecule has 1 N–H and O–H groups in total. The zero-order valence-corrected chi connectivity index (χ0v) is 19.9. The second kappa shape index (κ2) is 11.3. The fraction of sp³-hybridized carbons (Fsp3) is 0.167. The lowest BCUT2D eigenvalue weighted by Gasteiger charge is -2.14. The van der Waals surface area contributed by atoms with Crippen molar-refractivity contribution in [1.29, 1.82) is 0 Å². The van der Waals surface area contributed by atoms with E-state index >= 15 is 0 Å². The first-order valence-corrected chi connectivity index (χ1v) is 11.6. The molecule has 0 saturated carbocycles. The molecule has 0 amide bonds. The summed E-state index contributed by atoms with van der Waals surface area (Å²) >= 11 is 0. The van der Waals surface area contributed by atoms with E-state index in [9.17, 15) is 4.79 Å². The van der Waals surface area contributed by atoms with Crippen LogP contribution in [-0.2, 0) is 17.6 Å². The standard InChI is InChI=1S/C30H28O5/c1-3-22-12-16-28(29(19-22)34-24-8-5-4-6-9-24)35-26-11-7-10-25(20-26)33-27-15-13-23(21(2)18-27)14-17-30(31)32/h4-13,15-16,18-20H,3,14,17H2,1-2H3,(H,31,32). The van der Waals surface area contributed by atoms with Crippen molar-refractivity contribution in [2.45, 2.75) is 33.1 Å². The van der Waals surface area contributed by atoms with Crippen molar-refractivity contribution in [3.63, 3.8) is 0 Å². The molecule has 0 heterocycles. The van der Waals surface area contributed by atoms with E-state index in [1.54, 1.807) is 0 Å². The molecule has 4 aromatic rings. The van der Waals surface area contributed by atoms with E-state index in [0.29, 0.717) is 35.2 Å². The Labute approximate surface area is 205 Å². The van der Waals surface area contributed by atoms with E-state index in [4.69, 9.17) is 19.3 Å². The van der Waals surface area contributed by atoms with E-state index in [2.05, 4.69) is 6.92 Å². The van der Waals surface area contributed by atoms with Crippen LogP contribution in [0, 0.1) is 6.92 Å². The Morgan fingerprint density at radius 3 is 2.11 bits per heavy atom. The monoisotopic (exact) mass is 468 g/mol. The predicted molar refractivity (Wildman–Crippen MR) is 136 cm³/mol. The fourth-order valence-electron chi connectivity index (χ4n) is 3.67. The molecule has 0 aliphatic heterocycles. The van der Waals surface area contributed by atoms with Gasteiger partial charge in [0, 0.05) is 12.5 Å². The molecular formula is C30H28O5. The number of para-hydroxylation sites is 1. The molecule has 5 heteroatoms. The van der Waals surface area contributed by atoms with Gasteiger partial charge in [-0.3, -0.25) is 4.79 Å². The summed E-state index contributed by atoms with van der Waals surface area (Å²) in [6, 6.07) is 28.7. The Bertz CT molecular complexity index is 1300. The molecule has 178 valence electrons. The van der Waals surface area contributed by atoms with Gasteiger partial charge in [-0.2, -0.15) is 0 Å². The van der Waals surface area contributed by atoms with E-state index in [1.165, 1.54) is 0 Å². The summed E-state index contributed by atoms with van der Waals surface area (Å²) in [5.74, 6) is 3.14. The van der Waals surface area contributed by atoms with Crippen LogP contribution in [0.3, 0.4) is 0 Å². The average Bonchev–Trinajstić information content (AvgIpc) is 2.85. The van der Waals surface area contributed by atoms with E-state index in [0.717, 1.165) is 28.9 Å². The minimum atomic E-state index is -0.803. The minimum absolute atomic E-state index is 0.107. The predicted octanol–water partition coefficient (Wildman–Crippen LogP) is 7.95. The number of hydrogen-bond donors (Lipinski definition) is 1. The molecule has 0 saturated heterocycles. The number of rotatable bonds is 10. The van der Waals surface area contributed by atoms with E-state index in [-0.39, 0.29) is 6.42 Å². The van der Waals surface area contributed by atoms with Gasteiger partial charge in [-0.05, 0) is 85.0 Å². The van der Waals surface area contributed by atoms with Crippen molar-refractivity contribution < 1.29 is 24.1 Å². The smallest absolute Gasteiger partial charge is 0.303 e. The molecule has 0 bridgehead atoms. The molecule has 0 aliphatic carbocycles. The van der Waals surface area contributed by atoms with Crippen molar-refractivity contribution in [2.24, 2.45) is 0 Å². The Morgan fingerprint density at radius 1 is 0.714 bits per heavy atom. The molecular weight excluding hydrogens is 440 g/mol. The number of carbonyl (C=O) groups is 1. The van der Waals surface area contributed by atoms with Gasteiger partial charge in [0.2, 0.25) is 0 Å². The first-order valence-electron chi connectivity index (χ1n) is 11.6. The van der Waals surface area contributed by atoms with Gasteiger partial charge in [-0.15, -0.1) is 0 Å². The van der Waals surface area contributed by atoms with Gasteiger partial charge in [0.15, 0.2) is 11.5 Å². The third-order valence-electron chi connectivity index (χ3n) is 5.58. The van der Waals surface area contributed by atoms with Crippen molar-refractivity contribution >= 4 is 5.97 Å². The normalized spacial score (nSPS) is 10.6. The first-order chi connectivity index (χ1) is 17.0. The first kappa shape index (κ1) is 23.9. The third-order valence-corrected chi connectivity index (χ3v) is 5.58. The maximum atomic E-state index is 10.9. The van der Waals surface area contributed by atoms with Crippen molar-refractivity contribution in [2.75, 3.05) is 0 Å². The number of hydrogen-bond acceptors (Lipinski definition) is 4. The van der Waals surface area contributed by atoms with Crippen LogP contribution in [0.1, 0.15) is 30.0 Å². The van der Waals surface area contributed by atoms with Crippen LogP contribution in [0.15, 0.2) is 91.0 Å². The number of aliphatic carboxylic acids is 1. The number of carboxylic acids is 1. The molecule has 0 unspecified atom stereocenters. The van der Waals surface area contributed by atoms with Gasteiger partial charge in [-0.25, -0.2) is 0 Å². The van der Waals surface area contributed by atoms with Gasteiger partial charge in [0.05, 0.1) is 0 Å². The third kappa shape index (κ3) is 6.64. The van der Waals surface area contributed by atoms with Crippen molar-refractivity contribution in [3.05, 3.63) is 108 Å². The zero-order chi connectivity index (χ0) is 24.6. The lowest BCUT2D eigenvalue weighted by atomic mass is 10.0. The van der Waals surface area contributed by atoms with E-state index < -0.39 is 5.97 Å². The Morgan fingerprint density at radius 2 is 1.40 bits per heavy atom. The van der Waals surface area contributed by atoms with Crippen LogP contribution < -0.4 is 14.2 Å². The highest BCUT2D eigenvalue weighted by Gasteiger charge is 2.11. The van der Waals surface area contributed by atoms with Gasteiger partial charge in [-0.1, -0.05) is 43.3 Å². The molecule has 0 atom stereocenters. The van der Waals surface area contributed by atoms with Crippen LogP contribution in [0.25, 0.3) is 0 Å². The molecule has 0 aromatic heterocycles. The SMILES string of the molecule is CCc1ccc(Oc2cccc(Oc3ccc(CCC(=O)O)c(C)c3)c2)c(Oc2ccccc2)c1. The van der Waals surface area contributed by atoms with Crippen LogP contribution >= 0.6 is 0 Å². The second-order valence-corrected chi connectivity index (χ2v) is 8.21. The molecule has 0 spiro atoms. The fourth-order valence-corrected chi connectivity index (χ4v) is 3.67. The highest BCUT2D eigenvalue weighted by Crippen LogP contribution is 2.37. The average molecular weight is 469 g/mol. The highest BCUT2D eigenvalue weighted by atomic mass is 16.5. The molecule has 5 nitrogen and oxygen atoms in total. The van der Waals surface area contributed by atoms with Gasteiger partial charge >= 0.3 is 5.97 Å². The Balaban J connectivity index is 1.51. The summed E-state index contributed by atoms with van der Waals surface area (Å²) in [5, 5.41) is 8.92. The minimum Gasteiger partial charge on any atom is -0.481 e. The van der Waals surface area contributed by atoms with Gasteiger partial charge < -0.3 is 19.3 Å². The van der Waals surface area contributed by atoms with Crippen LogP contribution in [0.2, 0.25) is 0 Å². The number of ether oxygens (including phenoxy) is 3. The Kier molecular flexibility index (Phi) is 7.68. The maximum absolute atomic E-state index is 10.9. The molecule has 0 fully saturated rings. The lowest BCUT2D eigenvalue weighted by Crippen LogP contribution is -1.99. The second-order valence-electron chi connectivity index (χ2n) is 8.21. The number of aryl methyl sites for hydroxylation is 3. The van der Waals surface area contributed by atoms with Crippen LogP contribution in [-0.4, -0.2) is 11.1 Å². The molecule has 0 aliphatic rings. The summed E-state index contributed by atoms with van der Waals surface area (Å²) in [7, 11) is 0. The summed E-state index contributed by atoms with van der Waals surface area (Å²) in [6.45, 7) is 4.06. The Hall–Kier alpha value is -4.25. The molecule has 35 heavy (non-hydrogen) atoms. The largest absolute Gasteiger partial charge is 0.481 e. The molecule has 4 aromatic carbocycles. The van der Waals surface area contributed by atoms with Crippen LogP contribution in [0.5, 0.6) is 34.5 Å². The topological polar surface area (TPSA) is 65.0 Å². The van der Waals surface area contributed by atoms with Gasteiger partial charge in [0.25, 0.3) is 0 Å². The summed E-state index contributed by atoms with van der Waals surface area (Å²) in [5.41, 5.74) is 3.15. The van der Waals surface area contributed by atoms with Crippen molar-refractivity contribution in [1.82, 2.24) is 0 Å². The summed E-state index contributed by atoms with van der Waals surface area (Å²) in [4.78, 5) is 10.9. The molecule has 0 radical (unpaired) electrons. The lowest BCUT2D eigenvalue weighted by molar-refractivity contribution is -0.136. The summed E-state index contributed by atoms with van der Waals surface area (Å²) < 4.78 is 18.4. The zero-order valence-electron chi connectivity index (χ0n) is 19.9. The highest BCUT2D eigenvalue weighted by molar-refractivity contribution is 5.67. The number of carboxylic acid groups (broad SMARTS) is 1. The number of benzene rings is 4. The van der Waals surface area contributed by atoms with E-state index in [1.807, 2.05) is 97.9 Å². The van der Waals surface area contributed by atoms with Crippen molar-refractivity contribution in [3.8, 4) is 34.5 Å². The summed E-state index contributed by atoms with van der Waals surface area (Å²) in [6.07, 6.45) is 1.49.